The predicted molar refractivity (Wildman–Crippen MR) is 222 cm³/mol. The molecule has 0 aromatic heterocycles. The summed E-state index contributed by atoms with van der Waals surface area (Å²) in [6, 6.07) is -2.30. The molecular formula is C44H72FN3O14. The zero-order valence-electron chi connectivity index (χ0n) is 39.1. The molecule has 2 N–H and O–H groups in total. The second-order valence-electron chi connectivity index (χ2n) is 18.4. The van der Waals surface area contributed by atoms with Gasteiger partial charge in [0.15, 0.2) is 23.5 Å². The highest BCUT2D eigenvalue weighted by atomic mass is 19.1. The van der Waals surface area contributed by atoms with Gasteiger partial charge in [0.25, 0.3) is 5.67 Å². The van der Waals surface area contributed by atoms with Crippen LogP contribution in [0.3, 0.4) is 0 Å². The number of likely N-dealkylation sites (N-methyl/N-ethyl adjacent to an activating group) is 1. The number of ether oxygens (including phenoxy) is 6. The molecule has 354 valence electrons. The van der Waals surface area contributed by atoms with E-state index in [1.807, 2.05) is 11.8 Å². The van der Waals surface area contributed by atoms with Crippen molar-refractivity contribution >= 4 is 41.3 Å². The van der Waals surface area contributed by atoms with Crippen LogP contribution in [0.4, 0.5) is 9.18 Å². The Labute approximate surface area is 365 Å². The number of unbranched alkanes of at least 4 members (excludes halogenated alkanes) is 1. The Morgan fingerprint density at radius 1 is 1.02 bits per heavy atom. The van der Waals surface area contributed by atoms with Gasteiger partial charge in [0.05, 0.1) is 42.9 Å². The van der Waals surface area contributed by atoms with Crippen LogP contribution in [0.25, 0.3) is 0 Å². The number of aliphatic hydroxyl groups is 1. The van der Waals surface area contributed by atoms with E-state index in [-0.39, 0.29) is 62.7 Å². The van der Waals surface area contributed by atoms with Crippen LogP contribution in [-0.4, -0.2) is 157 Å². The number of esters is 2. The number of amides is 2. The Kier molecular flexibility index (Phi) is 18.2. The molecule has 62 heavy (non-hydrogen) atoms. The van der Waals surface area contributed by atoms with Crippen LogP contribution in [0.1, 0.15) is 114 Å². The number of ketones is 3. The zero-order valence-corrected chi connectivity index (χ0v) is 39.1. The van der Waals surface area contributed by atoms with Gasteiger partial charge in [-0.2, -0.15) is 0 Å². The number of rotatable bonds is 15. The smallest absolute Gasteiger partial charge is 0.410 e. The lowest BCUT2D eigenvalue weighted by Gasteiger charge is -2.47. The Morgan fingerprint density at radius 3 is 2.21 bits per heavy atom. The summed E-state index contributed by atoms with van der Waals surface area (Å²) in [6.07, 6.45) is -5.48. The highest BCUT2D eigenvalue weighted by molar-refractivity contribution is 6.08. The Morgan fingerprint density at radius 2 is 1.65 bits per heavy atom. The molecule has 0 radical (unpaired) electrons. The normalized spacial score (nSPS) is 37.1. The van der Waals surface area contributed by atoms with Gasteiger partial charge in [0.2, 0.25) is 5.91 Å². The predicted octanol–water partition coefficient (Wildman–Crippen LogP) is 3.73. The number of fused-ring (bicyclic) bond motifs is 1. The van der Waals surface area contributed by atoms with Crippen molar-refractivity contribution in [3.8, 4) is 0 Å². The number of carbonyl (C=O) groups excluding carboxylic acids is 7. The quantitative estimate of drug-likeness (QED) is 0.104. The molecule has 0 aliphatic carbocycles. The second kappa shape index (κ2) is 21.4. The molecule has 3 aliphatic rings. The Hall–Kier alpha value is -3.58. The number of aliphatic hydroxyl groups excluding tert-OH is 1. The minimum Gasteiger partial charge on any atom is -0.469 e. The molecule has 3 saturated heterocycles. The molecule has 0 aromatic carbocycles. The lowest BCUT2D eigenvalue weighted by atomic mass is 9.73. The van der Waals surface area contributed by atoms with Crippen molar-refractivity contribution in [1.29, 1.82) is 0 Å². The average Bonchev–Trinajstić information content (AvgIpc) is 3.47. The van der Waals surface area contributed by atoms with Gasteiger partial charge in [0, 0.05) is 50.3 Å². The molecule has 3 heterocycles. The number of alkyl halides is 1. The fourth-order valence-corrected chi connectivity index (χ4v) is 9.44. The van der Waals surface area contributed by atoms with Crippen LogP contribution in [0.2, 0.25) is 0 Å². The van der Waals surface area contributed by atoms with Crippen LogP contribution in [0.15, 0.2) is 0 Å². The van der Waals surface area contributed by atoms with Crippen molar-refractivity contribution in [3.05, 3.63) is 0 Å². The van der Waals surface area contributed by atoms with Crippen LogP contribution in [0.5, 0.6) is 0 Å². The van der Waals surface area contributed by atoms with Crippen LogP contribution < -0.4 is 5.32 Å². The lowest BCUT2D eigenvalue weighted by Crippen LogP contribution is -2.61. The van der Waals surface area contributed by atoms with E-state index >= 15 is 4.39 Å². The molecule has 17 nitrogen and oxygen atoms in total. The van der Waals surface area contributed by atoms with Crippen molar-refractivity contribution in [3.63, 3.8) is 0 Å². The van der Waals surface area contributed by atoms with Gasteiger partial charge < -0.3 is 48.6 Å². The van der Waals surface area contributed by atoms with Crippen molar-refractivity contribution in [2.45, 2.75) is 180 Å². The summed E-state index contributed by atoms with van der Waals surface area (Å²) in [5.41, 5.74) is -6.43. The molecule has 18 heteroatoms. The van der Waals surface area contributed by atoms with Gasteiger partial charge in [-0.05, 0) is 80.8 Å². The van der Waals surface area contributed by atoms with Crippen LogP contribution in [0, 0.1) is 23.7 Å². The van der Waals surface area contributed by atoms with Crippen molar-refractivity contribution < 1.29 is 71.5 Å². The second-order valence-corrected chi connectivity index (χ2v) is 18.4. The van der Waals surface area contributed by atoms with E-state index < -0.39 is 113 Å². The Balaban J connectivity index is 1.96. The number of Topliss-reactive ketones (excluding diaryl/α,β-unsaturated/α-hetero) is 3. The summed E-state index contributed by atoms with van der Waals surface area (Å²) >= 11 is 0. The molecule has 3 aliphatic heterocycles. The molecule has 0 spiro atoms. The number of hydrogen-bond donors (Lipinski definition) is 2. The summed E-state index contributed by atoms with van der Waals surface area (Å²) in [5.74, 6) is -8.17. The van der Waals surface area contributed by atoms with Gasteiger partial charge in [-0.3, -0.25) is 24.0 Å². The summed E-state index contributed by atoms with van der Waals surface area (Å²) < 4.78 is 51.9. The third-order valence-corrected chi connectivity index (χ3v) is 13.2. The first kappa shape index (κ1) is 52.8. The maximum atomic E-state index is 16.9. The monoisotopic (exact) mass is 885 g/mol. The van der Waals surface area contributed by atoms with Gasteiger partial charge >= 0.3 is 18.0 Å². The molecule has 15 atom stereocenters. The molecule has 3 fully saturated rings. The minimum atomic E-state index is -3.23. The number of carbonyl (C=O) groups is 7. The van der Waals surface area contributed by atoms with Crippen molar-refractivity contribution in [2.24, 2.45) is 23.7 Å². The number of methoxy groups -OCH3 is 2. The molecule has 2 amide bonds. The number of hydrogen-bond acceptors (Lipinski definition) is 15. The third kappa shape index (κ3) is 11.6. The Bertz CT molecular complexity index is 1640. The first-order chi connectivity index (χ1) is 28.7. The molecule has 3 rings (SSSR count). The number of halogens is 1. The summed E-state index contributed by atoms with van der Waals surface area (Å²) in [5, 5.41) is 14.0. The first-order valence-corrected chi connectivity index (χ1v) is 21.8. The SMILES string of the molecule is CC[C@H]1OC(=O)[C@](C)(F)C(=O)[C@H](C)[C@@H](O[C@H]2O[C@H](C)C[C@H](N(C)C)[C@H]2O)[C@@](C)(OC)C[C@@H](C)C(=O)[C@H](C)[C@@H]2N(CCCCC(=O)N[C@@H](C)C(=O)C[C@@H](C)C(=O)OC)C(=O)O[C@@]21C. The highest BCUT2D eigenvalue weighted by Gasteiger charge is 2.61. The van der Waals surface area contributed by atoms with Gasteiger partial charge in [-0.15, -0.1) is 0 Å². The largest absolute Gasteiger partial charge is 0.469 e. The van der Waals surface area contributed by atoms with E-state index in [2.05, 4.69) is 10.1 Å². The summed E-state index contributed by atoms with van der Waals surface area (Å²) in [4.78, 5) is 97.0. The topological polar surface area (TPSA) is 214 Å². The van der Waals surface area contributed by atoms with E-state index in [9.17, 15) is 38.7 Å². The first-order valence-electron chi connectivity index (χ1n) is 21.8. The fourth-order valence-electron chi connectivity index (χ4n) is 9.44. The molecular weight excluding hydrogens is 813 g/mol. The minimum absolute atomic E-state index is 0.00623. The number of nitrogens with zero attached hydrogens (tertiary/aromatic N) is 2. The molecule has 0 saturated carbocycles. The third-order valence-electron chi connectivity index (χ3n) is 13.2. The summed E-state index contributed by atoms with van der Waals surface area (Å²) in [7, 11) is 6.19. The molecule has 0 bridgehead atoms. The maximum absolute atomic E-state index is 16.9. The fraction of sp³-hybridized carbons (Fsp3) is 0.841. The maximum Gasteiger partial charge on any atom is 0.410 e. The standard InChI is InChI=1S/C44H72FN3O14/c1-15-31-44(10)35(48(41(56)62-44)19-17-16-18-32(50)46-28(7)30(49)20-23(2)38(54)57-13)26(5)33(51)24(3)22-42(8,58-14)37(27(6)36(53)43(9,45)40(55)60-31)61-39-34(52)29(47(11)12)21-25(4)59-39/h23-29,31,34-35,37,39,52H,15-22H2,1-14H3,(H,46,50)/t23-,24-,25-,26+,27+,28+,29+,31-,34-,35+,37-,39-,42+,43-,44-/m1/s1. The highest BCUT2D eigenvalue weighted by Crippen LogP contribution is 2.43. The van der Waals surface area contributed by atoms with Crippen LogP contribution >= 0.6 is 0 Å². The number of cyclic esters (lactones) is 1. The average molecular weight is 886 g/mol. The van der Waals surface area contributed by atoms with E-state index in [0.29, 0.717) is 6.42 Å². The molecule has 0 aromatic rings. The van der Waals surface area contributed by atoms with E-state index in [1.54, 1.807) is 48.7 Å². The van der Waals surface area contributed by atoms with Gasteiger partial charge in [-0.25, -0.2) is 14.0 Å². The van der Waals surface area contributed by atoms with Crippen molar-refractivity contribution in [1.82, 2.24) is 15.1 Å². The summed E-state index contributed by atoms with van der Waals surface area (Å²) in [6.45, 7) is 15.2. The van der Waals surface area contributed by atoms with Gasteiger partial charge in [-0.1, -0.05) is 34.6 Å². The van der Waals surface area contributed by atoms with Gasteiger partial charge in [0.1, 0.15) is 18.0 Å². The van der Waals surface area contributed by atoms with E-state index in [0.717, 1.165) is 6.92 Å². The van der Waals surface area contributed by atoms with E-state index in [1.165, 1.54) is 39.9 Å². The molecule has 0 unspecified atom stereocenters. The van der Waals surface area contributed by atoms with Crippen molar-refractivity contribution in [2.75, 3.05) is 34.9 Å². The van der Waals surface area contributed by atoms with Crippen LogP contribution in [-0.2, 0) is 57.2 Å². The van der Waals surface area contributed by atoms with E-state index in [4.69, 9.17) is 23.7 Å². The lowest BCUT2D eigenvalue weighted by molar-refractivity contribution is -0.295. The number of nitrogens with one attached hydrogen (secondary N) is 1. The zero-order chi connectivity index (χ0) is 47.2.